The fourth-order valence-electron chi connectivity index (χ4n) is 3.01. The summed E-state index contributed by atoms with van der Waals surface area (Å²) in [7, 11) is 0. The number of rotatable bonds is 5. The summed E-state index contributed by atoms with van der Waals surface area (Å²) in [6.07, 6.45) is 2.16. The Hall–Kier alpha value is -2.21. The smallest absolute Gasteiger partial charge is 0.273 e. The number of ether oxygens (including phenoxy) is 1. The number of carbonyl (C=O) groups is 1. The van der Waals surface area contributed by atoms with Gasteiger partial charge in [-0.1, -0.05) is 31.2 Å². The molecule has 3 rings (SSSR count). The minimum atomic E-state index is -0.187. The second-order valence-electron chi connectivity index (χ2n) is 6.57. The van der Waals surface area contributed by atoms with Gasteiger partial charge in [0, 0.05) is 13.2 Å². The molecule has 1 aromatic carbocycles. The van der Waals surface area contributed by atoms with Gasteiger partial charge in [0.15, 0.2) is 5.69 Å². The van der Waals surface area contributed by atoms with Crippen LogP contribution >= 0.6 is 0 Å². The molecule has 1 aliphatic heterocycles. The molecule has 6 nitrogen and oxygen atoms in total. The van der Waals surface area contributed by atoms with Crippen molar-refractivity contribution >= 4 is 5.91 Å². The Kier molecular flexibility index (Phi) is 4.94. The second kappa shape index (κ2) is 7.13. The molecule has 1 N–H and O–H groups in total. The first-order valence-electron chi connectivity index (χ1n) is 8.48. The lowest BCUT2D eigenvalue weighted by Crippen LogP contribution is -2.32. The summed E-state index contributed by atoms with van der Waals surface area (Å²) >= 11 is 0. The van der Waals surface area contributed by atoms with Crippen molar-refractivity contribution in [1.82, 2.24) is 20.3 Å². The van der Waals surface area contributed by atoms with E-state index in [1.54, 1.807) is 4.68 Å². The number of benzene rings is 1. The third-order valence-corrected chi connectivity index (χ3v) is 4.23. The Bertz CT molecular complexity index is 718. The number of amides is 1. The van der Waals surface area contributed by atoms with Gasteiger partial charge in [-0.2, -0.15) is 0 Å². The van der Waals surface area contributed by atoms with Gasteiger partial charge >= 0.3 is 0 Å². The lowest BCUT2D eigenvalue weighted by atomic mass is 10.1. The van der Waals surface area contributed by atoms with Gasteiger partial charge in [-0.15, -0.1) is 5.10 Å². The van der Waals surface area contributed by atoms with Crippen molar-refractivity contribution in [2.45, 2.75) is 45.6 Å². The van der Waals surface area contributed by atoms with Gasteiger partial charge in [0.2, 0.25) is 0 Å². The summed E-state index contributed by atoms with van der Waals surface area (Å²) in [5, 5.41) is 11.3. The minimum absolute atomic E-state index is 0.114. The van der Waals surface area contributed by atoms with Gasteiger partial charge in [0.05, 0.1) is 17.5 Å². The van der Waals surface area contributed by atoms with Crippen molar-refractivity contribution in [2.75, 3.05) is 13.2 Å². The van der Waals surface area contributed by atoms with Crippen LogP contribution in [0.2, 0.25) is 0 Å². The zero-order valence-electron chi connectivity index (χ0n) is 14.5. The number of nitrogens with one attached hydrogen (secondary N) is 1. The normalized spacial score (nSPS) is 17.4. The van der Waals surface area contributed by atoms with Gasteiger partial charge in [-0.05, 0) is 43.4 Å². The average molecular weight is 328 g/mol. The predicted molar refractivity (Wildman–Crippen MR) is 91.5 cm³/mol. The molecule has 0 spiro atoms. The maximum Gasteiger partial charge on any atom is 0.273 e. The van der Waals surface area contributed by atoms with Crippen molar-refractivity contribution < 1.29 is 9.53 Å². The highest BCUT2D eigenvalue weighted by atomic mass is 16.5. The Morgan fingerprint density at radius 2 is 2.29 bits per heavy atom. The monoisotopic (exact) mass is 328 g/mol. The highest BCUT2D eigenvalue weighted by molar-refractivity contribution is 5.93. The molecule has 1 amide bonds. The van der Waals surface area contributed by atoms with E-state index in [1.807, 2.05) is 45.0 Å². The Labute approximate surface area is 142 Å². The first-order valence-corrected chi connectivity index (χ1v) is 8.48. The van der Waals surface area contributed by atoms with Crippen LogP contribution in [0.5, 0.6) is 0 Å². The third-order valence-electron chi connectivity index (χ3n) is 4.23. The highest BCUT2D eigenvalue weighted by Crippen LogP contribution is 2.22. The molecule has 1 saturated heterocycles. The minimum Gasteiger partial charge on any atom is -0.376 e. The molecule has 24 heavy (non-hydrogen) atoms. The Morgan fingerprint density at radius 1 is 1.46 bits per heavy atom. The maximum absolute atomic E-state index is 12.6. The van der Waals surface area contributed by atoms with Gasteiger partial charge in [0.1, 0.15) is 0 Å². The molecule has 1 aromatic heterocycles. The number of nitrogens with zero attached hydrogens (tertiary/aromatic N) is 3. The summed E-state index contributed by atoms with van der Waals surface area (Å²) in [4.78, 5) is 12.6. The highest BCUT2D eigenvalue weighted by Gasteiger charge is 2.24. The number of aryl methyl sites for hydroxylation is 1. The van der Waals surface area contributed by atoms with E-state index in [-0.39, 0.29) is 17.9 Å². The second-order valence-corrected chi connectivity index (χ2v) is 6.57. The molecule has 0 saturated carbocycles. The molecule has 1 atom stereocenters. The van der Waals surface area contributed by atoms with E-state index >= 15 is 0 Å². The molecule has 2 heterocycles. The van der Waals surface area contributed by atoms with E-state index in [4.69, 9.17) is 4.74 Å². The zero-order chi connectivity index (χ0) is 17.1. The van der Waals surface area contributed by atoms with Crippen LogP contribution in [-0.4, -0.2) is 40.2 Å². The molecule has 1 aliphatic rings. The lowest BCUT2D eigenvalue weighted by molar-refractivity contribution is 0.0852. The molecule has 0 aliphatic carbocycles. The first-order chi connectivity index (χ1) is 11.6. The summed E-state index contributed by atoms with van der Waals surface area (Å²) in [6.45, 7) is 7.42. The van der Waals surface area contributed by atoms with Crippen LogP contribution in [-0.2, 0) is 4.74 Å². The van der Waals surface area contributed by atoms with E-state index in [1.165, 1.54) is 0 Å². The molecule has 0 unspecified atom stereocenters. The Balaban J connectivity index is 1.84. The van der Waals surface area contributed by atoms with Crippen molar-refractivity contribution in [1.29, 1.82) is 0 Å². The van der Waals surface area contributed by atoms with Crippen LogP contribution in [0.25, 0.3) is 5.69 Å². The standard InChI is InChI=1S/C18H24N4O2/c1-12(2)17-16(18(23)19-11-15-8-5-9-24-15)20-21-22(17)14-7-4-6-13(3)10-14/h4,6-7,10,12,15H,5,8-9,11H2,1-3H3,(H,19,23)/t15-/m0/s1. The van der Waals surface area contributed by atoms with Gasteiger partial charge in [-0.3, -0.25) is 4.79 Å². The van der Waals surface area contributed by atoms with Crippen LogP contribution in [0, 0.1) is 6.92 Å². The number of hydrogen-bond acceptors (Lipinski definition) is 4. The fourth-order valence-corrected chi connectivity index (χ4v) is 3.01. The average Bonchev–Trinajstić information content (AvgIpc) is 3.22. The molecular weight excluding hydrogens is 304 g/mol. The van der Waals surface area contributed by atoms with Crippen molar-refractivity contribution in [3.8, 4) is 5.69 Å². The largest absolute Gasteiger partial charge is 0.376 e. The first kappa shape index (κ1) is 16.6. The summed E-state index contributed by atoms with van der Waals surface area (Å²) in [5.41, 5.74) is 3.28. The van der Waals surface area contributed by atoms with Crippen LogP contribution in [0.3, 0.4) is 0 Å². The van der Waals surface area contributed by atoms with Crippen molar-refractivity contribution in [3.63, 3.8) is 0 Å². The Morgan fingerprint density at radius 3 is 2.96 bits per heavy atom. The molecule has 1 fully saturated rings. The van der Waals surface area contributed by atoms with Crippen molar-refractivity contribution in [2.24, 2.45) is 0 Å². The molecule has 128 valence electrons. The molecule has 0 radical (unpaired) electrons. The van der Waals surface area contributed by atoms with Crippen LogP contribution in [0.15, 0.2) is 24.3 Å². The quantitative estimate of drug-likeness (QED) is 0.916. The molecular formula is C18H24N4O2. The van der Waals surface area contributed by atoms with Crippen LogP contribution < -0.4 is 5.32 Å². The van der Waals surface area contributed by atoms with E-state index in [9.17, 15) is 4.79 Å². The van der Waals surface area contributed by atoms with E-state index in [0.29, 0.717) is 12.2 Å². The van der Waals surface area contributed by atoms with Crippen LogP contribution in [0.4, 0.5) is 0 Å². The lowest BCUT2D eigenvalue weighted by Gasteiger charge is -2.13. The van der Waals surface area contributed by atoms with Crippen LogP contribution in [0.1, 0.15) is 54.4 Å². The fraction of sp³-hybridized carbons (Fsp3) is 0.500. The number of hydrogen-bond donors (Lipinski definition) is 1. The summed E-state index contributed by atoms with van der Waals surface area (Å²) < 4.78 is 7.31. The third kappa shape index (κ3) is 3.48. The van der Waals surface area contributed by atoms with E-state index < -0.39 is 0 Å². The predicted octanol–water partition coefficient (Wildman–Crippen LogP) is 2.61. The maximum atomic E-state index is 12.6. The van der Waals surface area contributed by atoms with E-state index in [2.05, 4.69) is 15.6 Å². The summed E-state index contributed by atoms with van der Waals surface area (Å²) in [6, 6.07) is 8.02. The molecule has 6 heteroatoms. The van der Waals surface area contributed by atoms with E-state index in [0.717, 1.165) is 36.4 Å². The van der Waals surface area contributed by atoms with Gasteiger partial charge in [0.25, 0.3) is 5.91 Å². The molecule has 2 aromatic rings. The number of aromatic nitrogens is 3. The molecule has 0 bridgehead atoms. The number of carbonyl (C=O) groups excluding carboxylic acids is 1. The summed E-state index contributed by atoms with van der Waals surface area (Å²) in [5.74, 6) is -0.0582. The zero-order valence-corrected chi connectivity index (χ0v) is 14.5. The SMILES string of the molecule is Cc1cccc(-n2nnc(C(=O)NC[C@@H]3CCCO3)c2C(C)C)c1. The van der Waals surface area contributed by atoms with Crippen molar-refractivity contribution in [3.05, 3.63) is 41.2 Å². The van der Waals surface area contributed by atoms with Gasteiger partial charge < -0.3 is 10.1 Å². The topological polar surface area (TPSA) is 69.0 Å². The van der Waals surface area contributed by atoms with Gasteiger partial charge in [-0.25, -0.2) is 4.68 Å².